The fourth-order valence-electron chi connectivity index (χ4n) is 2.98. The zero-order valence-electron chi connectivity index (χ0n) is 18.5. The Labute approximate surface area is 224 Å². The highest BCUT2D eigenvalue weighted by atomic mass is 79.9. The Bertz CT molecular complexity index is 1410. The van der Waals surface area contributed by atoms with Gasteiger partial charge in [0.15, 0.2) is 17.5 Å². The maximum absolute atomic E-state index is 15.2. The van der Waals surface area contributed by atoms with Crippen molar-refractivity contribution in [3.63, 3.8) is 0 Å². The third kappa shape index (κ3) is 6.73. The van der Waals surface area contributed by atoms with Gasteiger partial charge >= 0.3 is 0 Å². The van der Waals surface area contributed by atoms with E-state index < -0.39 is 17.6 Å². The Kier molecular flexibility index (Phi) is 8.88. The number of anilines is 1. The number of nitrogens with zero attached hydrogens (tertiary/aromatic N) is 1. The molecule has 4 N–H and O–H groups in total. The van der Waals surface area contributed by atoms with Crippen molar-refractivity contribution in [2.45, 2.75) is 6.42 Å². The molecule has 184 valence electrons. The minimum absolute atomic E-state index is 0.0472. The number of halogens is 4. The largest absolute Gasteiger partial charge is 0.453 e. The molecule has 2 amide bonds. The summed E-state index contributed by atoms with van der Waals surface area (Å²) in [5, 5.41) is 24.3. The second-order valence-electron chi connectivity index (χ2n) is 7.24. The number of hydrogen-bond acceptors (Lipinski definition) is 5. The van der Waals surface area contributed by atoms with Gasteiger partial charge < -0.3 is 15.4 Å². The van der Waals surface area contributed by atoms with Crippen molar-refractivity contribution >= 4 is 62.6 Å². The van der Waals surface area contributed by atoms with E-state index in [2.05, 4.69) is 31.9 Å². The van der Waals surface area contributed by atoms with Crippen LogP contribution < -0.4 is 20.7 Å². The first-order valence-corrected chi connectivity index (χ1v) is 11.7. The third-order valence-electron chi connectivity index (χ3n) is 4.69. The van der Waals surface area contributed by atoms with Crippen molar-refractivity contribution in [3.8, 4) is 17.6 Å². The van der Waals surface area contributed by atoms with Crippen LogP contribution >= 0.6 is 39.1 Å². The Morgan fingerprint density at radius 2 is 1.92 bits per heavy atom. The summed E-state index contributed by atoms with van der Waals surface area (Å²) in [6.45, 7) is 0. The fourth-order valence-corrected chi connectivity index (χ4v) is 3.82. The summed E-state index contributed by atoms with van der Waals surface area (Å²) in [5.74, 6) is -2.10. The summed E-state index contributed by atoms with van der Waals surface area (Å²) in [7, 11) is 1.49. The van der Waals surface area contributed by atoms with Crippen LogP contribution in [0.2, 0.25) is 10.0 Å². The van der Waals surface area contributed by atoms with Crippen LogP contribution in [0.3, 0.4) is 0 Å². The topological polar surface area (TPSA) is 127 Å². The lowest BCUT2D eigenvalue weighted by molar-refractivity contribution is -0.115. The Hall–Kier alpha value is -3.65. The highest BCUT2D eigenvalue weighted by Crippen LogP contribution is 2.35. The molecule has 0 saturated carbocycles. The summed E-state index contributed by atoms with van der Waals surface area (Å²) in [5.41, 5.74) is 0.689. The van der Waals surface area contributed by atoms with Crippen molar-refractivity contribution in [2.24, 2.45) is 0 Å². The molecule has 0 atom stereocenters. The van der Waals surface area contributed by atoms with Gasteiger partial charge in [-0.1, -0.05) is 29.3 Å². The first kappa shape index (κ1) is 26.9. The molecular formula is C24H17BrCl2FN5O3. The van der Waals surface area contributed by atoms with Gasteiger partial charge in [0, 0.05) is 23.2 Å². The van der Waals surface area contributed by atoms with Crippen LogP contribution in [0.4, 0.5) is 10.1 Å². The van der Waals surface area contributed by atoms with Gasteiger partial charge in [0.05, 0.1) is 33.2 Å². The number of ether oxygens (including phenoxy) is 1. The standard InChI is InChI=1S/C24H17BrCl2FN5O3/c1-31-24(30)33-23(35)14-3-5-19(18(27)8-14)32-20(34)9-13-2-4-17(25)22(21(13)28)36-16-7-12(11-29)6-15(26)10-16/h2-8,10H,9H2,1H3,(H,32,34)(H3,30,31,33,35). The molecule has 0 bridgehead atoms. The van der Waals surface area contributed by atoms with Crippen LogP contribution in [0.1, 0.15) is 21.5 Å². The summed E-state index contributed by atoms with van der Waals surface area (Å²) in [4.78, 5) is 24.7. The molecule has 0 heterocycles. The molecule has 12 heteroatoms. The number of nitrogens with one attached hydrogen (secondary N) is 4. The average molecular weight is 593 g/mol. The molecular weight excluding hydrogens is 576 g/mol. The van der Waals surface area contributed by atoms with E-state index >= 15 is 4.39 Å². The minimum atomic E-state index is -0.775. The second kappa shape index (κ2) is 11.9. The van der Waals surface area contributed by atoms with Crippen LogP contribution in [0.15, 0.2) is 53.0 Å². The monoisotopic (exact) mass is 591 g/mol. The molecule has 0 aliphatic carbocycles. The average Bonchev–Trinajstić information content (AvgIpc) is 2.84. The van der Waals surface area contributed by atoms with Gasteiger partial charge in [0.25, 0.3) is 5.91 Å². The number of rotatable bonds is 6. The highest BCUT2D eigenvalue weighted by molar-refractivity contribution is 9.10. The minimum Gasteiger partial charge on any atom is -0.453 e. The lowest BCUT2D eigenvalue weighted by Crippen LogP contribution is -2.38. The third-order valence-corrected chi connectivity index (χ3v) is 5.85. The summed E-state index contributed by atoms with van der Waals surface area (Å²) >= 11 is 15.4. The molecule has 8 nitrogen and oxygen atoms in total. The number of hydrogen-bond donors (Lipinski definition) is 4. The predicted octanol–water partition coefficient (Wildman–Crippen LogP) is 5.62. The van der Waals surface area contributed by atoms with Crippen LogP contribution in [0.25, 0.3) is 0 Å². The summed E-state index contributed by atoms with van der Waals surface area (Å²) in [6, 6.07) is 13.4. The van der Waals surface area contributed by atoms with E-state index in [4.69, 9.17) is 38.6 Å². The highest BCUT2D eigenvalue weighted by Gasteiger charge is 2.18. The zero-order valence-corrected chi connectivity index (χ0v) is 21.6. The van der Waals surface area contributed by atoms with Crippen LogP contribution in [-0.4, -0.2) is 24.8 Å². The maximum atomic E-state index is 15.2. The van der Waals surface area contributed by atoms with E-state index in [-0.39, 0.29) is 56.3 Å². The molecule has 0 unspecified atom stereocenters. The van der Waals surface area contributed by atoms with Gasteiger partial charge in [-0.15, -0.1) is 0 Å². The number of amides is 2. The van der Waals surface area contributed by atoms with Crippen molar-refractivity contribution in [2.75, 3.05) is 12.4 Å². The molecule has 3 rings (SSSR count). The molecule has 0 radical (unpaired) electrons. The first-order valence-electron chi connectivity index (χ1n) is 10.1. The van der Waals surface area contributed by atoms with Gasteiger partial charge in [0.1, 0.15) is 5.75 Å². The molecule has 36 heavy (non-hydrogen) atoms. The molecule has 0 spiro atoms. The van der Waals surface area contributed by atoms with Crippen LogP contribution in [0, 0.1) is 22.6 Å². The number of carbonyl (C=O) groups excluding carboxylic acids is 2. The number of nitriles is 1. The van der Waals surface area contributed by atoms with E-state index in [9.17, 15) is 9.59 Å². The molecule has 0 aliphatic heterocycles. The van der Waals surface area contributed by atoms with E-state index in [0.29, 0.717) is 4.47 Å². The Morgan fingerprint density at radius 3 is 2.58 bits per heavy atom. The lowest BCUT2D eigenvalue weighted by atomic mass is 10.1. The SMILES string of the molecule is CNC(=N)NC(=O)c1ccc(NC(=O)Cc2ccc(Br)c(Oc3cc(Cl)cc(C#N)c3)c2F)c(Cl)c1. The summed E-state index contributed by atoms with van der Waals surface area (Å²) in [6.07, 6.45) is -0.341. The lowest BCUT2D eigenvalue weighted by Gasteiger charge is -2.13. The first-order chi connectivity index (χ1) is 17.1. The van der Waals surface area contributed by atoms with Crippen molar-refractivity contribution in [3.05, 3.63) is 85.6 Å². The van der Waals surface area contributed by atoms with Crippen molar-refractivity contribution in [1.29, 1.82) is 10.7 Å². The zero-order chi connectivity index (χ0) is 26.4. The van der Waals surface area contributed by atoms with E-state index in [0.717, 1.165) is 0 Å². The Balaban J connectivity index is 1.75. The van der Waals surface area contributed by atoms with E-state index in [1.807, 2.05) is 6.07 Å². The second-order valence-corrected chi connectivity index (χ2v) is 8.94. The normalized spacial score (nSPS) is 10.2. The molecule has 0 fully saturated rings. The van der Waals surface area contributed by atoms with E-state index in [1.165, 1.54) is 55.6 Å². The molecule has 0 aromatic heterocycles. The fraction of sp³-hybridized carbons (Fsp3) is 0.0833. The number of carbonyl (C=O) groups is 2. The smallest absolute Gasteiger partial charge is 0.257 e. The van der Waals surface area contributed by atoms with Gasteiger partial charge in [0.2, 0.25) is 5.91 Å². The predicted molar refractivity (Wildman–Crippen MR) is 138 cm³/mol. The van der Waals surface area contributed by atoms with Gasteiger partial charge in [-0.25, -0.2) is 4.39 Å². The Morgan fingerprint density at radius 1 is 1.17 bits per heavy atom. The summed E-state index contributed by atoms with van der Waals surface area (Å²) < 4.78 is 21.2. The van der Waals surface area contributed by atoms with Crippen molar-refractivity contribution < 1.29 is 18.7 Å². The molecule has 0 saturated heterocycles. The molecule has 3 aromatic rings. The molecule has 3 aromatic carbocycles. The van der Waals surface area contributed by atoms with Crippen LogP contribution in [-0.2, 0) is 11.2 Å². The quantitative estimate of drug-likeness (QED) is 0.218. The number of guanidine groups is 1. The van der Waals surface area contributed by atoms with Crippen LogP contribution in [0.5, 0.6) is 11.5 Å². The number of benzene rings is 3. The maximum Gasteiger partial charge on any atom is 0.257 e. The van der Waals surface area contributed by atoms with Gasteiger partial charge in [-0.2, -0.15) is 5.26 Å². The van der Waals surface area contributed by atoms with E-state index in [1.54, 1.807) is 0 Å². The van der Waals surface area contributed by atoms with Crippen molar-refractivity contribution in [1.82, 2.24) is 10.6 Å². The van der Waals surface area contributed by atoms with Gasteiger partial charge in [-0.3, -0.25) is 20.3 Å². The molecule has 0 aliphatic rings. The van der Waals surface area contributed by atoms with Gasteiger partial charge in [-0.05, 0) is 58.4 Å².